The summed E-state index contributed by atoms with van der Waals surface area (Å²) in [6.45, 7) is 6.67. The molecule has 1 fully saturated rings. The Morgan fingerprint density at radius 1 is 1.43 bits per heavy atom. The summed E-state index contributed by atoms with van der Waals surface area (Å²) in [7, 11) is 1.61. The predicted molar refractivity (Wildman–Crippen MR) is 97.1 cm³/mol. The molecule has 2 rings (SSSR count). The van der Waals surface area contributed by atoms with Crippen LogP contribution in [0.1, 0.15) is 43.0 Å². The first-order valence-corrected chi connectivity index (χ1v) is 9.23. The Hall–Kier alpha value is -1.07. The molecule has 0 unspecified atom stereocenters. The first kappa shape index (κ1) is 18.3. The van der Waals surface area contributed by atoms with E-state index in [0.29, 0.717) is 5.56 Å². The average molecular weight is 383 g/mol. The number of amides is 1. The van der Waals surface area contributed by atoms with Gasteiger partial charge < -0.3 is 15.0 Å². The standard InChI is InChI=1S/C18H27BrN2O2/c1-14-6-5-11-21(13-14)10-4-3-9-20-18(22)15-7-8-17(23-2)16(19)12-15/h7-8,12,14H,3-6,9-11,13H2,1-2H3,(H,20,22)/t14-/m1/s1. The second-order valence-electron chi connectivity index (χ2n) is 6.36. The van der Waals surface area contributed by atoms with Crippen molar-refractivity contribution in [2.45, 2.75) is 32.6 Å². The lowest BCUT2D eigenvalue weighted by molar-refractivity contribution is 0.0952. The molecule has 128 valence electrons. The average Bonchev–Trinajstić information content (AvgIpc) is 2.54. The molecule has 1 aromatic rings. The highest BCUT2D eigenvalue weighted by Crippen LogP contribution is 2.25. The number of hydrogen-bond acceptors (Lipinski definition) is 3. The Morgan fingerprint density at radius 2 is 2.26 bits per heavy atom. The lowest BCUT2D eigenvalue weighted by atomic mass is 10.0. The predicted octanol–water partition coefficient (Wildman–Crippen LogP) is 3.70. The van der Waals surface area contributed by atoms with E-state index in [1.54, 1.807) is 25.3 Å². The van der Waals surface area contributed by atoms with E-state index >= 15 is 0 Å². The zero-order chi connectivity index (χ0) is 16.7. The smallest absolute Gasteiger partial charge is 0.251 e. The molecule has 23 heavy (non-hydrogen) atoms. The van der Waals surface area contributed by atoms with E-state index in [4.69, 9.17) is 4.74 Å². The van der Waals surface area contributed by atoms with Crippen LogP contribution in [0.25, 0.3) is 0 Å². The number of carbonyl (C=O) groups excluding carboxylic acids is 1. The quantitative estimate of drug-likeness (QED) is 0.730. The minimum atomic E-state index is -0.0278. The number of nitrogens with one attached hydrogen (secondary N) is 1. The van der Waals surface area contributed by atoms with Gasteiger partial charge in [-0.15, -0.1) is 0 Å². The molecular formula is C18H27BrN2O2. The second kappa shape index (κ2) is 9.28. The molecule has 4 nitrogen and oxygen atoms in total. The number of benzene rings is 1. The normalized spacial score (nSPS) is 18.7. The van der Waals surface area contributed by atoms with Crippen molar-refractivity contribution < 1.29 is 9.53 Å². The highest BCUT2D eigenvalue weighted by molar-refractivity contribution is 9.10. The molecule has 0 aliphatic carbocycles. The number of unbranched alkanes of at least 4 members (excludes halogenated alkanes) is 1. The van der Waals surface area contributed by atoms with Gasteiger partial charge in [-0.3, -0.25) is 4.79 Å². The molecule has 0 radical (unpaired) electrons. The number of methoxy groups -OCH3 is 1. The molecule has 1 N–H and O–H groups in total. The molecule has 1 aliphatic rings. The number of rotatable bonds is 7. The minimum Gasteiger partial charge on any atom is -0.496 e. The summed E-state index contributed by atoms with van der Waals surface area (Å²) in [5.41, 5.74) is 0.655. The van der Waals surface area contributed by atoms with Crippen LogP contribution in [-0.2, 0) is 0 Å². The van der Waals surface area contributed by atoms with Crippen LogP contribution in [0.3, 0.4) is 0 Å². The number of hydrogen-bond donors (Lipinski definition) is 1. The summed E-state index contributed by atoms with van der Waals surface area (Å²) in [6.07, 6.45) is 4.85. The van der Waals surface area contributed by atoms with Gasteiger partial charge in [-0.05, 0) is 78.8 Å². The van der Waals surface area contributed by atoms with Crippen molar-refractivity contribution in [3.8, 4) is 5.75 Å². The van der Waals surface area contributed by atoms with Gasteiger partial charge in [0.05, 0.1) is 11.6 Å². The SMILES string of the molecule is COc1ccc(C(=O)NCCCCN2CCC[C@@H](C)C2)cc1Br. The summed E-state index contributed by atoms with van der Waals surface area (Å²) >= 11 is 3.41. The molecular weight excluding hydrogens is 356 g/mol. The van der Waals surface area contributed by atoms with Crippen molar-refractivity contribution in [3.05, 3.63) is 28.2 Å². The van der Waals surface area contributed by atoms with Crippen molar-refractivity contribution >= 4 is 21.8 Å². The van der Waals surface area contributed by atoms with Crippen LogP contribution in [0.15, 0.2) is 22.7 Å². The van der Waals surface area contributed by atoms with Crippen molar-refractivity contribution in [1.29, 1.82) is 0 Å². The molecule has 0 saturated carbocycles. The number of likely N-dealkylation sites (tertiary alicyclic amines) is 1. The van der Waals surface area contributed by atoms with Gasteiger partial charge in [-0.2, -0.15) is 0 Å². The second-order valence-corrected chi connectivity index (χ2v) is 7.21. The third-order valence-corrected chi connectivity index (χ3v) is 4.96. The summed E-state index contributed by atoms with van der Waals surface area (Å²) in [5, 5.41) is 2.99. The van der Waals surface area contributed by atoms with E-state index in [-0.39, 0.29) is 5.91 Å². The monoisotopic (exact) mass is 382 g/mol. The molecule has 1 atom stereocenters. The third kappa shape index (κ3) is 5.81. The van der Waals surface area contributed by atoms with Gasteiger partial charge in [0.25, 0.3) is 5.91 Å². The largest absolute Gasteiger partial charge is 0.496 e. The van der Waals surface area contributed by atoms with Crippen LogP contribution in [0.5, 0.6) is 5.75 Å². The van der Waals surface area contributed by atoms with Crippen molar-refractivity contribution in [2.75, 3.05) is 33.3 Å². The van der Waals surface area contributed by atoms with Gasteiger partial charge in [0, 0.05) is 18.7 Å². The first-order chi connectivity index (χ1) is 11.1. The fourth-order valence-corrected chi connectivity index (χ4v) is 3.60. The van der Waals surface area contributed by atoms with E-state index in [0.717, 1.165) is 42.1 Å². The molecule has 0 bridgehead atoms. The molecule has 1 amide bonds. The van der Waals surface area contributed by atoms with Crippen molar-refractivity contribution in [3.63, 3.8) is 0 Å². The molecule has 1 saturated heterocycles. The van der Waals surface area contributed by atoms with Crippen LogP contribution in [0.2, 0.25) is 0 Å². The lowest BCUT2D eigenvalue weighted by Gasteiger charge is -2.30. The summed E-state index contributed by atoms with van der Waals surface area (Å²) in [5.74, 6) is 1.54. The van der Waals surface area contributed by atoms with Crippen LogP contribution in [-0.4, -0.2) is 44.1 Å². The molecule has 0 spiro atoms. The Kier molecular flexibility index (Phi) is 7.37. The van der Waals surface area contributed by atoms with E-state index in [2.05, 4.69) is 33.1 Å². The van der Waals surface area contributed by atoms with Crippen molar-refractivity contribution in [2.24, 2.45) is 5.92 Å². The van der Waals surface area contributed by atoms with Gasteiger partial charge in [0.1, 0.15) is 5.75 Å². The van der Waals surface area contributed by atoms with E-state index < -0.39 is 0 Å². The maximum atomic E-state index is 12.1. The van der Waals surface area contributed by atoms with Crippen LogP contribution < -0.4 is 10.1 Å². The lowest BCUT2D eigenvalue weighted by Crippen LogP contribution is -2.35. The zero-order valence-corrected chi connectivity index (χ0v) is 15.7. The Morgan fingerprint density at radius 3 is 2.96 bits per heavy atom. The van der Waals surface area contributed by atoms with E-state index in [9.17, 15) is 4.79 Å². The Balaban J connectivity index is 1.65. The van der Waals surface area contributed by atoms with Crippen molar-refractivity contribution in [1.82, 2.24) is 10.2 Å². The summed E-state index contributed by atoms with van der Waals surface area (Å²) in [4.78, 5) is 14.7. The van der Waals surface area contributed by atoms with E-state index in [1.165, 1.54) is 25.9 Å². The van der Waals surface area contributed by atoms with Crippen LogP contribution in [0, 0.1) is 5.92 Å². The number of ether oxygens (including phenoxy) is 1. The topological polar surface area (TPSA) is 41.6 Å². The molecule has 1 heterocycles. The minimum absolute atomic E-state index is 0.0278. The number of halogens is 1. The van der Waals surface area contributed by atoms with Gasteiger partial charge in [-0.25, -0.2) is 0 Å². The van der Waals surface area contributed by atoms with Gasteiger partial charge in [0.2, 0.25) is 0 Å². The maximum Gasteiger partial charge on any atom is 0.251 e. The van der Waals surface area contributed by atoms with Crippen LogP contribution in [0.4, 0.5) is 0 Å². The first-order valence-electron chi connectivity index (χ1n) is 8.44. The number of nitrogens with zero attached hydrogens (tertiary/aromatic N) is 1. The maximum absolute atomic E-state index is 12.1. The number of piperidine rings is 1. The number of carbonyl (C=O) groups is 1. The molecule has 0 aromatic heterocycles. The van der Waals surface area contributed by atoms with Gasteiger partial charge in [0.15, 0.2) is 0 Å². The highest BCUT2D eigenvalue weighted by atomic mass is 79.9. The fourth-order valence-electron chi connectivity index (χ4n) is 3.06. The zero-order valence-electron chi connectivity index (χ0n) is 14.1. The third-order valence-electron chi connectivity index (χ3n) is 4.34. The molecule has 1 aromatic carbocycles. The van der Waals surface area contributed by atoms with Gasteiger partial charge >= 0.3 is 0 Å². The Bertz CT molecular complexity index is 522. The Labute approximate surface area is 147 Å². The van der Waals surface area contributed by atoms with Crippen LogP contribution >= 0.6 is 15.9 Å². The fraction of sp³-hybridized carbons (Fsp3) is 0.611. The van der Waals surface area contributed by atoms with Gasteiger partial charge in [-0.1, -0.05) is 6.92 Å². The summed E-state index contributed by atoms with van der Waals surface area (Å²) in [6, 6.07) is 5.38. The highest BCUT2D eigenvalue weighted by Gasteiger charge is 2.15. The summed E-state index contributed by atoms with van der Waals surface area (Å²) < 4.78 is 5.97. The molecule has 5 heteroatoms. The van der Waals surface area contributed by atoms with E-state index in [1.807, 2.05) is 0 Å². The molecule has 1 aliphatic heterocycles.